The second kappa shape index (κ2) is 14.0. The Balaban J connectivity index is 1.62. The van der Waals surface area contributed by atoms with Crippen LogP contribution in [0.25, 0.3) is 10.9 Å². The Labute approximate surface area is 225 Å². The summed E-state index contributed by atoms with van der Waals surface area (Å²) < 4.78 is 53.3. The van der Waals surface area contributed by atoms with Crippen molar-refractivity contribution in [3.05, 3.63) is 53.7 Å². The van der Waals surface area contributed by atoms with Crippen LogP contribution in [-0.2, 0) is 11.3 Å². The quantitative estimate of drug-likeness (QED) is 0.191. The van der Waals surface area contributed by atoms with E-state index < -0.39 is 6.36 Å². The number of rotatable bonds is 15. The predicted molar refractivity (Wildman–Crippen MR) is 140 cm³/mol. The summed E-state index contributed by atoms with van der Waals surface area (Å²) in [6, 6.07) is 8.47. The van der Waals surface area contributed by atoms with Gasteiger partial charge in [-0.3, -0.25) is 14.3 Å². The molecule has 0 fully saturated rings. The molecule has 212 valence electrons. The Kier molecular flexibility index (Phi) is 10.7. The number of amides is 1. The number of nitrogens with one attached hydrogen (secondary N) is 1. The molecule has 1 unspecified atom stereocenters. The molecule has 11 heteroatoms. The minimum Gasteiger partial charge on any atom is -0.495 e. The molecule has 3 aromatic rings. The molecule has 0 saturated heterocycles. The molecule has 3 rings (SSSR count). The fourth-order valence-electron chi connectivity index (χ4n) is 4.51. The van der Waals surface area contributed by atoms with Gasteiger partial charge in [0.05, 0.1) is 30.2 Å². The molecule has 39 heavy (non-hydrogen) atoms. The number of benzene rings is 2. The molecule has 0 spiro atoms. The minimum atomic E-state index is -4.77. The first-order chi connectivity index (χ1) is 18.6. The Morgan fingerprint density at radius 3 is 2.46 bits per heavy atom. The summed E-state index contributed by atoms with van der Waals surface area (Å²) in [5, 5.41) is 8.21. The van der Waals surface area contributed by atoms with Crippen LogP contribution in [0.3, 0.4) is 0 Å². The van der Waals surface area contributed by atoms with Gasteiger partial charge in [-0.05, 0) is 61.6 Å². The second-order valence-electron chi connectivity index (χ2n) is 9.22. The highest BCUT2D eigenvalue weighted by Crippen LogP contribution is 2.30. The number of carbonyl (C=O) groups excluding carboxylic acids is 2. The predicted octanol–water partition coefficient (Wildman–Crippen LogP) is 5.79. The summed E-state index contributed by atoms with van der Waals surface area (Å²) >= 11 is 0. The van der Waals surface area contributed by atoms with Crippen LogP contribution in [-0.4, -0.2) is 55.2 Å². The lowest BCUT2D eigenvalue weighted by Crippen LogP contribution is -2.27. The van der Waals surface area contributed by atoms with E-state index in [2.05, 4.69) is 22.1 Å². The van der Waals surface area contributed by atoms with Crippen LogP contribution in [0.4, 0.5) is 13.2 Å². The molecule has 0 saturated carbocycles. The van der Waals surface area contributed by atoms with Gasteiger partial charge in [0.15, 0.2) is 5.78 Å². The van der Waals surface area contributed by atoms with Crippen LogP contribution < -0.4 is 14.8 Å². The van der Waals surface area contributed by atoms with Crippen molar-refractivity contribution in [1.82, 2.24) is 15.1 Å². The van der Waals surface area contributed by atoms with E-state index >= 15 is 0 Å². The number of ketones is 1. The highest BCUT2D eigenvalue weighted by Gasteiger charge is 2.31. The average molecular weight is 550 g/mol. The molecule has 1 heterocycles. The zero-order valence-corrected chi connectivity index (χ0v) is 22.3. The van der Waals surface area contributed by atoms with Crippen molar-refractivity contribution < 1.29 is 37.0 Å². The molecule has 1 aromatic heterocycles. The molecule has 0 aliphatic rings. The molecule has 0 bridgehead atoms. The average Bonchev–Trinajstić information content (AvgIpc) is 3.30. The molecule has 0 aliphatic carbocycles. The number of ether oxygens (including phenoxy) is 3. The van der Waals surface area contributed by atoms with E-state index in [1.807, 2.05) is 10.9 Å². The number of hydrogen-bond acceptors (Lipinski definition) is 6. The van der Waals surface area contributed by atoms with Crippen molar-refractivity contribution in [3.8, 4) is 11.5 Å². The lowest BCUT2D eigenvalue weighted by atomic mass is 9.95. The number of methoxy groups -OCH3 is 2. The highest BCUT2D eigenvalue weighted by molar-refractivity contribution is 6.03. The third-order valence-electron chi connectivity index (χ3n) is 6.30. The standard InChI is InChI=1S/C28H34F3N3O5/c1-4-6-19(7-5-8-25(35)20-9-11-21(12-10-20)39-28(29,30)31)17-34-18-23-24(33-34)14-13-22(26(23)38-3)27(36)32-15-16-37-2/h9-14,18-19H,4-8,15-17H2,1-3H3,(H,32,36). The zero-order valence-electron chi connectivity index (χ0n) is 22.3. The summed E-state index contributed by atoms with van der Waals surface area (Å²) in [6.45, 7) is 3.52. The molecule has 2 aromatic carbocycles. The summed E-state index contributed by atoms with van der Waals surface area (Å²) in [5.74, 6) is -0.0196. The van der Waals surface area contributed by atoms with E-state index in [9.17, 15) is 22.8 Å². The van der Waals surface area contributed by atoms with Crippen LogP contribution in [0.5, 0.6) is 11.5 Å². The topological polar surface area (TPSA) is 91.7 Å². The first-order valence-electron chi connectivity index (χ1n) is 12.9. The van der Waals surface area contributed by atoms with Gasteiger partial charge in [-0.1, -0.05) is 13.3 Å². The summed E-state index contributed by atoms with van der Waals surface area (Å²) in [7, 11) is 3.08. The zero-order chi connectivity index (χ0) is 28.4. The third-order valence-corrected chi connectivity index (χ3v) is 6.30. The largest absolute Gasteiger partial charge is 0.573 e. The van der Waals surface area contributed by atoms with Gasteiger partial charge >= 0.3 is 6.36 Å². The fourth-order valence-corrected chi connectivity index (χ4v) is 4.51. The van der Waals surface area contributed by atoms with Gasteiger partial charge in [0.1, 0.15) is 11.5 Å². The number of Topliss-reactive ketones (excluding diaryl/α,β-unsaturated/α-hetero) is 1. The van der Waals surface area contributed by atoms with Crippen molar-refractivity contribution in [2.75, 3.05) is 27.4 Å². The Bertz CT molecular complexity index is 1240. The second-order valence-corrected chi connectivity index (χ2v) is 9.22. The van der Waals surface area contributed by atoms with Crippen molar-refractivity contribution in [2.45, 2.75) is 51.9 Å². The molecule has 8 nitrogen and oxygen atoms in total. The van der Waals surface area contributed by atoms with Crippen molar-refractivity contribution in [1.29, 1.82) is 0 Å². The van der Waals surface area contributed by atoms with Crippen molar-refractivity contribution in [3.63, 3.8) is 0 Å². The number of hydrogen-bond donors (Lipinski definition) is 1. The molecule has 1 atom stereocenters. The van der Waals surface area contributed by atoms with Crippen LogP contribution in [0.15, 0.2) is 42.6 Å². The molecule has 0 radical (unpaired) electrons. The molecular weight excluding hydrogens is 515 g/mol. The van der Waals surface area contributed by atoms with E-state index in [4.69, 9.17) is 9.47 Å². The fraction of sp³-hybridized carbons (Fsp3) is 0.464. The Morgan fingerprint density at radius 2 is 1.82 bits per heavy atom. The van der Waals surface area contributed by atoms with Gasteiger partial charge in [-0.15, -0.1) is 13.2 Å². The highest BCUT2D eigenvalue weighted by atomic mass is 19.4. The van der Waals surface area contributed by atoms with Crippen LogP contribution in [0.2, 0.25) is 0 Å². The number of halogens is 3. The van der Waals surface area contributed by atoms with E-state index in [0.29, 0.717) is 48.5 Å². The van der Waals surface area contributed by atoms with E-state index in [-0.39, 0.29) is 29.8 Å². The number of nitrogens with zero attached hydrogens (tertiary/aromatic N) is 2. The van der Waals surface area contributed by atoms with Gasteiger partial charge in [0.2, 0.25) is 0 Å². The van der Waals surface area contributed by atoms with Gasteiger partial charge in [0.25, 0.3) is 5.91 Å². The van der Waals surface area contributed by atoms with Crippen LogP contribution in [0.1, 0.15) is 59.7 Å². The maximum absolute atomic E-state index is 12.6. The van der Waals surface area contributed by atoms with E-state index in [1.54, 1.807) is 19.2 Å². The summed E-state index contributed by atoms with van der Waals surface area (Å²) in [5.41, 5.74) is 1.48. The number of carbonyl (C=O) groups is 2. The van der Waals surface area contributed by atoms with Gasteiger partial charge in [-0.2, -0.15) is 5.10 Å². The number of alkyl halides is 3. The maximum atomic E-state index is 12.6. The smallest absolute Gasteiger partial charge is 0.495 e. The lowest BCUT2D eigenvalue weighted by Gasteiger charge is -2.16. The molecule has 1 N–H and O–H groups in total. The molecular formula is C28H34F3N3O5. The Hall–Kier alpha value is -3.60. The lowest BCUT2D eigenvalue weighted by molar-refractivity contribution is -0.274. The first kappa shape index (κ1) is 29.9. The van der Waals surface area contributed by atoms with Gasteiger partial charge < -0.3 is 19.5 Å². The normalized spacial score (nSPS) is 12.4. The monoisotopic (exact) mass is 549 g/mol. The first-order valence-corrected chi connectivity index (χ1v) is 12.9. The van der Waals surface area contributed by atoms with Crippen LogP contribution >= 0.6 is 0 Å². The molecule has 0 aliphatic heterocycles. The number of aromatic nitrogens is 2. The summed E-state index contributed by atoms with van der Waals surface area (Å²) in [6.07, 6.45) is 0.726. The van der Waals surface area contributed by atoms with Crippen molar-refractivity contribution >= 4 is 22.6 Å². The molecule has 1 amide bonds. The van der Waals surface area contributed by atoms with Gasteiger partial charge in [-0.25, -0.2) is 0 Å². The number of fused-ring (bicyclic) bond motifs is 1. The maximum Gasteiger partial charge on any atom is 0.573 e. The van der Waals surface area contributed by atoms with Crippen molar-refractivity contribution in [2.24, 2.45) is 5.92 Å². The van der Waals surface area contributed by atoms with E-state index in [0.717, 1.165) is 36.8 Å². The third kappa shape index (κ3) is 8.71. The van der Waals surface area contributed by atoms with Gasteiger partial charge in [0, 0.05) is 38.4 Å². The SMILES string of the molecule is CCCC(CCCC(=O)c1ccc(OC(F)(F)F)cc1)Cn1cc2c(OC)c(C(=O)NCCOC)ccc2n1. The Morgan fingerprint density at radius 1 is 1.08 bits per heavy atom. The van der Waals surface area contributed by atoms with E-state index in [1.165, 1.54) is 19.2 Å². The van der Waals surface area contributed by atoms with Crippen LogP contribution in [0, 0.1) is 5.92 Å². The summed E-state index contributed by atoms with van der Waals surface area (Å²) in [4.78, 5) is 25.2. The minimum absolute atomic E-state index is 0.130.